The molecular formula is C21H24O3. The molecule has 0 bridgehead atoms. The lowest BCUT2D eigenvalue weighted by Crippen LogP contribution is -2.35. The zero-order chi connectivity index (χ0) is 17.4. The van der Waals surface area contributed by atoms with E-state index in [1.807, 2.05) is 80.6 Å². The molecule has 3 nitrogen and oxygen atoms in total. The highest BCUT2D eigenvalue weighted by Gasteiger charge is 2.31. The maximum absolute atomic E-state index is 12.1. The molecule has 1 unspecified atom stereocenters. The van der Waals surface area contributed by atoms with Gasteiger partial charge < -0.3 is 9.84 Å². The van der Waals surface area contributed by atoms with Gasteiger partial charge in [0.05, 0.1) is 12.0 Å². The maximum Gasteiger partial charge on any atom is 0.309 e. The van der Waals surface area contributed by atoms with Crippen molar-refractivity contribution in [1.29, 1.82) is 0 Å². The highest BCUT2D eigenvalue weighted by molar-refractivity contribution is 5.71. The van der Waals surface area contributed by atoms with Crippen molar-refractivity contribution < 1.29 is 14.6 Å². The Hall–Kier alpha value is -2.39. The number of aliphatic hydroxyl groups is 1. The SMILES string of the molecule is CC(C)C(O)(C=Cc1ccccc1)CC(=O)OCc1ccccc1. The molecule has 2 aromatic rings. The van der Waals surface area contributed by atoms with Gasteiger partial charge in [-0.1, -0.05) is 86.7 Å². The second kappa shape index (κ2) is 8.46. The number of ether oxygens (including phenoxy) is 1. The molecule has 0 aliphatic rings. The predicted octanol–water partition coefficient (Wildman–Crippen LogP) is 4.22. The standard InChI is InChI=1S/C21H24O3/c1-17(2)21(23,14-13-18-9-5-3-6-10-18)15-20(22)24-16-19-11-7-4-8-12-19/h3-14,17,23H,15-16H2,1-2H3. The largest absolute Gasteiger partial charge is 0.461 e. The van der Waals surface area contributed by atoms with E-state index in [0.717, 1.165) is 11.1 Å². The van der Waals surface area contributed by atoms with Crippen LogP contribution < -0.4 is 0 Å². The van der Waals surface area contributed by atoms with Crippen molar-refractivity contribution >= 4 is 12.0 Å². The lowest BCUT2D eigenvalue weighted by molar-refractivity contribution is -0.150. The zero-order valence-electron chi connectivity index (χ0n) is 14.2. The Morgan fingerprint density at radius 1 is 1.08 bits per heavy atom. The van der Waals surface area contributed by atoms with Crippen LogP contribution in [-0.2, 0) is 16.1 Å². The number of carbonyl (C=O) groups excluding carboxylic acids is 1. The third-order valence-electron chi connectivity index (χ3n) is 4.03. The fraction of sp³-hybridized carbons (Fsp3) is 0.286. The Morgan fingerprint density at radius 2 is 1.67 bits per heavy atom. The van der Waals surface area contributed by atoms with E-state index >= 15 is 0 Å². The van der Waals surface area contributed by atoms with Crippen LogP contribution in [0.5, 0.6) is 0 Å². The van der Waals surface area contributed by atoms with Crippen LogP contribution >= 0.6 is 0 Å². The van der Waals surface area contributed by atoms with E-state index in [0.29, 0.717) is 0 Å². The van der Waals surface area contributed by atoms with Crippen LogP contribution in [0.15, 0.2) is 66.7 Å². The molecule has 126 valence electrons. The molecule has 1 atom stereocenters. The fourth-order valence-corrected chi connectivity index (χ4v) is 2.28. The molecule has 2 rings (SSSR count). The smallest absolute Gasteiger partial charge is 0.309 e. The molecule has 24 heavy (non-hydrogen) atoms. The molecule has 1 N–H and O–H groups in total. The first-order chi connectivity index (χ1) is 11.5. The van der Waals surface area contributed by atoms with Crippen LogP contribution in [0.25, 0.3) is 6.08 Å². The molecule has 0 amide bonds. The van der Waals surface area contributed by atoms with E-state index in [-0.39, 0.29) is 18.9 Å². The summed E-state index contributed by atoms with van der Waals surface area (Å²) >= 11 is 0. The molecule has 0 fully saturated rings. The van der Waals surface area contributed by atoms with Gasteiger partial charge in [-0.3, -0.25) is 4.79 Å². The number of hydrogen-bond donors (Lipinski definition) is 1. The van der Waals surface area contributed by atoms with Crippen LogP contribution in [0.4, 0.5) is 0 Å². The highest BCUT2D eigenvalue weighted by Crippen LogP contribution is 2.25. The summed E-state index contributed by atoms with van der Waals surface area (Å²) in [6.07, 6.45) is 3.46. The van der Waals surface area contributed by atoms with Gasteiger partial charge in [0.15, 0.2) is 0 Å². The highest BCUT2D eigenvalue weighted by atomic mass is 16.5. The Morgan fingerprint density at radius 3 is 2.25 bits per heavy atom. The minimum absolute atomic E-state index is 0.0686. The van der Waals surface area contributed by atoms with Gasteiger partial charge in [-0.25, -0.2) is 0 Å². The Balaban J connectivity index is 1.99. The van der Waals surface area contributed by atoms with Crippen molar-refractivity contribution in [2.24, 2.45) is 5.92 Å². The van der Waals surface area contributed by atoms with Crippen molar-refractivity contribution in [2.45, 2.75) is 32.5 Å². The van der Waals surface area contributed by atoms with Crippen molar-refractivity contribution in [2.75, 3.05) is 0 Å². The Bertz CT molecular complexity index is 662. The van der Waals surface area contributed by atoms with Crippen LogP contribution in [0.2, 0.25) is 0 Å². The van der Waals surface area contributed by atoms with E-state index < -0.39 is 11.6 Å². The van der Waals surface area contributed by atoms with Crippen LogP contribution in [-0.4, -0.2) is 16.7 Å². The average molecular weight is 324 g/mol. The molecule has 0 aliphatic carbocycles. The van der Waals surface area contributed by atoms with Gasteiger partial charge >= 0.3 is 5.97 Å². The van der Waals surface area contributed by atoms with Gasteiger partial charge in [0.1, 0.15) is 6.61 Å². The summed E-state index contributed by atoms with van der Waals surface area (Å²) in [6.45, 7) is 4.00. The van der Waals surface area contributed by atoms with Gasteiger partial charge in [-0.2, -0.15) is 0 Å². The quantitative estimate of drug-likeness (QED) is 0.776. The van der Waals surface area contributed by atoms with E-state index in [9.17, 15) is 9.90 Å². The van der Waals surface area contributed by atoms with Crippen LogP contribution in [0.3, 0.4) is 0 Å². The topological polar surface area (TPSA) is 46.5 Å². The number of esters is 1. The first-order valence-corrected chi connectivity index (χ1v) is 8.16. The number of carbonyl (C=O) groups is 1. The van der Waals surface area contributed by atoms with Gasteiger partial charge in [0.2, 0.25) is 0 Å². The average Bonchev–Trinajstić information content (AvgIpc) is 2.60. The summed E-state index contributed by atoms with van der Waals surface area (Å²) < 4.78 is 5.29. The second-order valence-corrected chi connectivity index (χ2v) is 6.21. The molecular weight excluding hydrogens is 300 g/mol. The van der Waals surface area contributed by atoms with Crippen LogP contribution in [0.1, 0.15) is 31.4 Å². The summed E-state index contributed by atoms with van der Waals surface area (Å²) in [6, 6.07) is 19.2. The van der Waals surface area contributed by atoms with E-state index in [1.165, 1.54) is 0 Å². The normalized spacial score (nSPS) is 13.8. The minimum atomic E-state index is -1.23. The van der Waals surface area contributed by atoms with Gasteiger partial charge in [0.25, 0.3) is 0 Å². The molecule has 0 aliphatic heterocycles. The van der Waals surface area contributed by atoms with E-state index in [1.54, 1.807) is 6.08 Å². The molecule has 0 heterocycles. The van der Waals surface area contributed by atoms with Crippen molar-refractivity contribution in [1.82, 2.24) is 0 Å². The summed E-state index contributed by atoms with van der Waals surface area (Å²) in [5.41, 5.74) is 0.678. The Kier molecular flexibility index (Phi) is 6.33. The Labute approximate surface area is 143 Å². The first kappa shape index (κ1) is 18.0. The maximum atomic E-state index is 12.1. The lowest BCUT2D eigenvalue weighted by atomic mass is 9.86. The lowest BCUT2D eigenvalue weighted by Gasteiger charge is -2.28. The van der Waals surface area contributed by atoms with Crippen molar-refractivity contribution in [3.8, 4) is 0 Å². The predicted molar refractivity (Wildman–Crippen MR) is 96.1 cm³/mol. The van der Waals surface area contributed by atoms with E-state index in [4.69, 9.17) is 4.74 Å². The number of benzene rings is 2. The summed E-state index contributed by atoms with van der Waals surface area (Å²) in [4.78, 5) is 12.1. The van der Waals surface area contributed by atoms with Crippen molar-refractivity contribution in [3.63, 3.8) is 0 Å². The van der Waals surface area contributed by atoms with Gasteiger partial charge in [-0.05, 0) is 17.0 Å². The molecule has 0 saturated heterocycles. The fourth-order valence-electron chi connectivity index (χ4n) is 2.28. The van der Waals surface area contributed by atoms with Crippen molar-refractivity contribution in [3.05, 3.63) is 77.9 Å². The molecule has 0 saturated carbocycles. The summed E-state index contributed by atoms with van der Waals surface area (Å²) in [5, 5.41) is 10.8. The molecule has 2 aromatic carbocycles. The molecule has 0 spiro atoms. The third kappa shape index (κ3) is 5.36. The van der Waals surface area contributed by atoms with Gasteiger partial charge in [0, 0.05) is 0 Å². The molecule has 3 heteroatoms. The summed E-state index contributed by atoms with van der Waals surface area (Å²) in [5.74, 6) is -0.519. The summed E-state index contributed by atoms with van der Waals surface area (Å²) in [7, 11) is 0. The zero-order valence-corrected chi connectivity index (χ0v) is 14.2. The van der Waals surface area contributed by atoms with Crippen LogP contribution in [0, 0.1) is 5.92 Å². The second-order valence-electron chi connectivity index (χ2n) is 6.21. The minimum Gasteiger partial charge on any atom is -0.461 e. The monoisotopic (exact) mass is 324 g/mol. The number of hydrogen-bond acceptors (Lipinski definition) is 3. The molecule has 0 radical (unpaired) electrons. The molecule has 0 aromatic heterocycles. The van der Waals surface area contributed by atoms with Gasteiger partial charge in [-0.15, -0.1) is 0 Å². The number of rotatable bonds is 7. The first-order valence-electron chi connectivity index (χ1n) is 8.16. The third-order valence-corrected chi connectivity index (χ3v) is 4.03. The van der Waals surface area contributed by atoms with E-state index in [2.05, 4.69) is 0 Å².